The van der Waals surface area contributed by atoms with Gasteiger partial charge in [-0.3, -0.25) is 4.79 Å². The molecule has 0 fully saturated rings. The summed E-state index contributed by atoms with van der Waals surface area (Å²) in [6, 6.07) is 10.5. The Kier molecular flexibility index (Phi) is 4.38. The third-order valence-electron chi connectivity index (χ3n) is 3.17. The highest BCUT2D eigenvalue weighted by molar-refractivity contribution is 6.30. The summed E-state index contributed by atoms with van der Waals surface area (Å²) in [6.07, 6.45) is 1.56. The number of tetrazole rings is 1. The molecular formula is C15H14ClN5O2. The minimum absolute atomic E-state index is 0.0292. The number of amides is 1. The first-order valence-electron chi connectivity index (χ1n) is 6.98. The molecule has 3 rings (SSSR count). The summed E-state index contributed by atoms with van der Waals surface area (Å²) in [5, 5.41) is 15.4. The Labute approximate surface area is 137 Å². The second kappa shape index (κ2) is 6.62. The van der Waals surface area contributed by atoms with E-state index in [4.69, 9.17) is 16.0 Å². The molecule has 1 amide bonds. The van der Waals surface area contributed by atoms with Gasteiger partial charge in [-0.1, -0.05) is 23.7 Å². The lowest BCUT2D eigenvalue weighted by molar-refractivity contribution is -0.122. The SMILES string of the molecule is C[C@H](NC(=O)Cn1nnc(-c2cccc(Cl)c2)n1)c1ccco1. The Bertz CT molecular complexity index is 800. The average Bonchev–Trinajstić information content (AvgIpc) is 3.18. The van der Waals surface area contributed by atoms with Crippen LogP contribution in [0.3, 0.4) is 0 Å². The quantitative estimate of drug-likeness (QED) is 0.776. The van der Waals surface area contributed by atoms with E-state index in [9.17, 15) is 4.79 Å². The van der Waals surface area contributed by atoms with Gasteiger partial charge < -0.3 is 9.73 Å². The van der Waals surface area contributed by atoms with Crippen molar-refractivity contribution >= 4 is 17.5 Å². The van der Waals surface area contributed by atoms with Crippen molar-refractivity contribution in [1.29, 1.82) is 0 Å². The molecule has 3 aromatic rings. The summed E-state index contributed by atoms with van der Waals surface area (Å²) in [5.74, 6) is 0.868. The van der Waals surface area contributed by atoms with Gasteiger partial charge in [0, 0.05) is 10.6 Å². The number of aromatic nitrogens is 4. The molecule has 1 N–H and O–H groups in total. The van der Waals surface area contributed by atoms with Crippen molar-refractivity contribution in [3.8, 4) is 11.4 Å². The van der Waals surface area contributed by atoms with Crippen LogP contribution >= 0.6 is 11.6 Å². The van der Waals surface area contributed by atoms with E-state index in [2.05, 4.69) is 20.7 Å². The van der Waals surface area contributed by atoms with E-state index in [1.807, 2.05) is 13.0 Å². The van der Waals surface area contributed by atoms with Crippen LogP contribution in [0.1, 0.15) is 18.7 Å². The van der Waals surface area contributed by atoms with E-state index >= 15 is 0 Å². The summed E-state index contributed by atoms with van der Waals surface area (Å²) in [7, 11) is 0. The van der Waals surface area contributed by atoms with Crippen molar-refractivity contribution in [3.63, 3.8) is 0 Å². The smallest absolute Gasteiger partial charge is 0.244 e. The lowest BCUT2D eigenvalue weighted by atomic mass is 10.2. The molecule has 1 atom stereocenters. The van der Waals surface area contributed by atoms with Crippen LogP contribution in [0.4, 0.5) is 0 Å². The normalized spacial score (nSPS) is 12.1. The van der Waals surface area contributed by atoms with Gasteiger partial charge in [0.2, 0.25) is 11.7 Å². The molecule has 118 valence electrons. The molecule has 0 spiro atoms. The van der Waals surface area contributed by atoms with Gasteiger partial charge in [-0.25, -0.2) is 0 Å². The number of hydrogen-bond donors (Lipinski definition) is 1. The van der Waals surface area contributed by atoms with E-state index in [0.717, 1.165) is 5.56 Å². The highest BCUT2D eigenvalue weighted by atomic mass is 35.5. The van der Waals surface area contributed by atoms with Crippen molar-refractivity contribution in [2.24, 2.45) is 0 Å². The molecule has 8 heteroatoms. The molecule has 23 heavy (non-hydrogen) atoms. The number of rotatable bonds is 5. The molecule has 2 aromatic heterocycles. The third kappa shape index (κ3) is 3.75. The maximum atomic E-state index is 12.0. The van der Waals surface area contributed by atoms with Crippen LogP contribution < -0.4 is 5.32 Å². The van der Waals surface area contributed by atoms with E-state index in [1.54, 1.807) is 36.6 Å². The van der Waals surface area contributed by atoms with Gasteiger partial charge in [0.05, 0.1) is 12.3 Å². The standard InChI is InChI=1S/C15H14ClN5O2/c1-10(13-6-3-7-23-13)17-14(22)9-21-19-15(18-20-21)11-4-2-5-12(16)8-11/h2-8,10H,9H2,1H3,(H,17,22)/t10-/m0/s1. The molecule has 0 radical (unpaired) electrons. The number of furan rings is 1. The Hall–Kier alpha value is -2.67. The zero-order valence-corrected chi connectivity index (χ0v) is 13.1. The molecular weight excluding hydrogens is 318 g/mol. The minimum Gasteiger partial charge on any atom is -0.467 e. The maximum Gasteiger partial charge on any atom is 0.244 e. The molecule has 0 aliphatic heterocycles. The molecule has 0 aliphatic rings. The Balaban J connectivity index is 1.63. The summed E-state index contributed by atoms with van der Waals surface area (Å²) in [4.78, 5) is 13.3. The van der Waals surface area contributed by atoms with Crippen molar-refractivity contribution < 1.29 is 9.21 Å². The van der Waals surface area contributed by atoms with Gasteiger partial charge in [0.15, 0.2) is 0 Å². The van der Waals surface area contributed by atoms with E-state index in [-0.39, 0.29) is 18.5 Å². The van der Waals surface area contributed by atoms with Crippen molar-refractivity contribution in [1.82, 2.24) is 25.5 Å². The minimum atomic E-state index is -0.232. The summed E-state index contributed by atoms with van der Waals surface area (Å²) >= 11 is 5.94. The Morgan fingerprint density at radius 2 is 2.26 bits per heavy atom. The van der Waals surface area contributed by atoms with Crippen LogP contribution in [-0.4, -0.2) is 26.1 Å². The predicted molar refractivity (Wildman–Crippen MR) is 83.5 cm³/mol. The lowest BCUT2D eigenvalue weighted by Gasteiger charge is -2.10. The number of hydrogen-bond acceptors (Lipinski definition) is 5. The predicted octanol–water partition coefficient (Wildman–Crippen LogP) is 2.46. The van der Waals surface area contributed by atoms with Crippen molar-refractivity contribution in [2.75, 3.05) is 0 Å². The molecule has 0 unspecified atom stereocenters. The van der Waals surface area contributed by atoms with Gasteiger partial charge in [-0.15, -0.1) is 10.2 Å². The number of benzene rings is 1. The summed E-state index contributed by atoms with van der Waals surface area (Å²) in [5.41, 5.74) is 0.744. The van der Waals surface area contributed by atoms with Crippen LogP contribution in [0, 0.1) is 0 Å². The van der Waals surface area contributed by atoms with Gasteiger partial charge in [-0.05, 0) is 36.4 Å². The van der Waals surface area contributed by atoms with Crippen LogP contribution in [0.25, 0.3) is 11.4 Å². The maximum absolute atomic E-state index is 12.0. The molecule has 0 saturated carbocycles. The molecule has 0 bridgehead atoms. The molecule has 2 heterocycles. The fraction of sp³-hybridized carbons (Fsp3) is 0.200. The van der Waals surface area contributed by atoms with Crippen LogP contribution in [-0.2, 0) is 11.3 Å². The van der Waals surface area contributed by atoms with E-state index in [1.165, 1.54) is 4.80 Å². The number of carbonyl (C=O) groups excluding carboxylic acids is 1. The highest BCUT2D eigenvalue weighted by Crippen LogP contribution is 2.18. The second-order valence-corrected chi connectivity index (χ2v) is 5.39. The first-order valence-corrected chi connectivity index (χ1v) is 7.36. The zero-order valence-electron chi connectivity index (χ0n) is 12.3. The number of halogens is 1. The number of nitrogens with one attached hydrogen (secondary N) is 1. The second-order valence-electron chi connectivity index (χ2n) is 4.96. The lowest BCUT2D eigenvalue weighted by Crippen LogP contribution is -2.30. The fourth-order valence-corrected chi connectivity index (χ4v) is 2.27. The van der Waals surface area contributed by atoms with Gasteiger partial charge in [0.1, 0.15) is 12.3 Å². The molecule has 0 aliphatic carbocycles. The van der Waals surface area contributed by atoms with Gasteiger partial charge >= 0.3 is 0 Å². The van der Waals surface area contributed by atoms with E-state index < -0.39 is 0 Å². The Morgan fingerprint density at radius 3 is 3.00 bits per heavy atom. The van der Waals surface area contributed by atoms with Crippen LogP contribution in [0.15, 0.2) is 47.1 Å². The monoisotopic (exact) mass is 331 g/mol. The zero-order chi connectivity index (χ0) is 16.2. The van der Waals surface area contributed by atoms with Crippen molar-refractivity contribution in [2.45, 2.75) is 19.5 Å². The topological polar surface area (TPSA) is 85.8 Å². The Morgan fingerprint density at radius 1 is 1.39 bits per heavy atom. The largest absolute Gasteiger partial charge is 0.467 e. The number of carbonyl (C=O) groups is 1. The van der Waals surface area contributed by atoms with Gasteiger partial charge in [0.25, 0.3) is 0 Å². The molecule has 7 nitrogen and oxygen atoms in total. The fourth-order valence-electron chi connectivity index (χ4n) is 2.08. The first kappa shape index (κ1) is 15.2. The first-order chi connectivity index (χ1) is 11.1. The molecule has 1 aromatic carbocycles. The number of nitrogens with zero attached hydrogens (tertiary/aromatic N) is 4. The average molecular weight is 332 g/mol. The summed E-state index contributed by atoms with van der Waals surface area (Å²) < 4.78 is 5.24. The van der Waals surface area contributed by atoms with E-state index in [0.29, 0.717) is 16.6 Å². The highest BCUT2D eigenvalue weighted by Gasteiger charge is 2.14. The van der Waals surface area contributed by atoms with Crippen molar-refractivity contribution in [3.05, 3.63) is 53.4 Å². The van der Waals surface area contributed by atoms with Crippen LogP contribution in [0.5, 0.6) is 0 Å². The third-order valence-corrected chi connectivity index (χ3v) is 3.40. The van der Waals surface area contributed by atoms with Crippen LogP contribution in [0.2, 0.25) is 5.02 Å². The summed E-state index contributed by atoms with van der Waals surface area (Å²) in [6.45, 7) is 1.81. The van der Waals surface area contributed by atoms with Gasteiger partial charge in [-0.2, -0.15) is 4.80 Å². The molecule has 0 saturated heterocycles.